The molecule has 0 aliphatic rings. The molecule has 0 atom stereocenters. The largest absolute Gasteiger partial charge is 0.380 e. The van der Waals surface area contributed by atoms with Crippen molar-refractivity contribution in [1.29, 1.82) is 0 Å². The van der Waals surface area contributed by atoms with Crippen molar-refractivity contribution in [3.8, 4) is 0 Å². The summed E-state index contributed by atoms with van der Waals surface area (Å²) in [7, 11) is 0. The Morgan fingerprint density at radius 1 is 1.35 bits per heavy atom. The lowest BCUT2D eigenvalue weighted by molar-refractivity contribution is 0.138. The van der Waals surface area contributed by atoms with Gasteiger partial charge in [-0.15, -0.1) is 11.3 Å². The zero-order chi connectivity index (χ0) is 12.7. The SMILES string of the molecule is CC(C)CNCCOCCc1cc(Br)sc1Br. The van der Waals surface area contributed by atoms with E-state index in [0.29, 0.717) is 5.92 Å². The molecule has 1 aromatic rings. The second-order valence-corrected chi connectivity index (χ2v) is 8.06. The maximum absolute atomic E-state index is 5.59. The van der Waals surface area contributed by atoms with E-state index in [-0.39, 0.29) is 0 Å². The molecule has 0 amide bonds. The van der Waals surface area contributed by atoms with Gasteiger partial charge in [-0.1, -0.05) is 13.8 Å². The Hall–Kier alpha value is 0.580. The van der Waals surface area contributed by atoms with Crippen molar-refractivity contribution < 1.29 is 4.74 Å². The van der Waals surface area contributed by atoms with Crippen LogP contribution in [0.4, 0.5) is 0 Å². The fraction of sp³-hybridized carbons (Fsp3) is 0.667. The molecule has 1 rings (SSSR count). The summed E-state index contributed by atoms with van der Waals surface area (Å²) in [6.07, 6.45) is 0.965. The number of thiophene rings is 1. The number of rotatable bonds is 8. The predicted octanol–water partition coefficient (Wildman–Crippen LogP) is 4.08. The van der Waals surface area contributed by atoms with Gasteiger partial charge >= 0.3 is 0 Å². The minimum atomic E-state index is 0.703. The third kappa shape index (κ3) is 6.91. The number of hydrogen-bond donors (Lipinski definition) is 1. The zero-order valence-corrected chi connectivity index (χ0v) is 14.3. The van der Waals surface area contributed by atoms with Gasteiger partial charge in [0.25, 0.3) is 0 Å². The van der Waals surface area contributed by atoms with Gasteiger partial charge in [-0.25, -0.2) is 0 Å². The standard InChI is InChI=1S/C12H19Br2NOS/c1-9(2)8-15-4-6-16-5-3-10-7-11(13)17-12(10)14/h7,9,15H,3-6,8H2,1-2H3. The first-order valence-electron chi connectivity index (χ1n) is 5.81. The molecular formula is C12H19Br2NOS. The first kappa shape index (κ1) is 15.6. The van der Waals surface area contributed by atoms with Crippen molar-refractivity contribution in [2.75, 3.05) is 26.3 Å². The predicted molar refractivity (Wildman–Crippen MR) is 81.9 cm³/mol. The highest BCUT2D eigenvalue weighted by Gasteiger charge is 2.04. The van der Waals surface area contributed by atoms with Gasteiger partial charge in [0.15, 0.2) is 0 Å². The quantitative estimate of drug-likeness (QED) is 0.682. The molecule has 0 saturated carbocycles. The van der Waals surface area contributed by atoms with Crippen molar-refractivity contribution in [3.63, 3.8) is 0 Å². The van der Waals surface area contributed by atoms with Crippen LogP contribution in [0.1, 0.15) is 19.4 Å². The van der Waals surface area contributed by atoms with Crippen molar-refractivity contribution >= 4 is 43.2 Å². The highest BCUT2D eigenvalue weighted by molar-refractivity contribution is 9.12. The summed E-state index contributed by atoms with van der Waals surface area (Å²) >= 11 is 8.73. The van der Waals surface area contributed by atoms with Gasteiger partial charge in [-0.2, -0.15) is 0 Å². The van der Waals surface area contributed by atoms with Gasteiger partial charge in [-0.3, -0.25) is 0 Å². The molecule has 5 heteroatoms. The normalized spacial score (nSPS) is 11.4. The minimum Gasteiger partial charge on any atom is -0.380 e. The first-order chi connectivity index (χ1) is 8.09. The Kier molecular flexibility index (Phi) is 7.95. The van der Waals surface area contributed by atoms with E-state index in [2.05, 4.69) is 57.1 Å². The molecule has 0 saturated heterocycles. The highest BCUT2D eigenvalue weighted by Crippen LogP contribution is 2.31. The Labute approximate surface area is 124 Å². The summed E-state index contributed by atoms with van der Waals surface area (Å²) in [5.41, 5.74) is 1.32. The highest BCUT2D eigenvalue weighted by atomic mass is 79.9. The molecule has 17 heavy (non-hydrogen) atoms. The fourth-order valence-electron chi connectivity index (χ4n) is 1.36. The van der Waals surface area contributed by atoms with Crippen molar-refractivity contribution in [2.45, 2.75) is 20.3 Å². The van der Waals surface area contributed by atoms with Crippen LogP contribution in [0.2, 0.25) is 0 Å². The van der Waals surface area contributed by atoms with Gasteiger partial charge in [0.05, 0.1) is 20.8 Å². The molecule has 98 valence electrons. The van der Waals surface area contributed by atoms with Gasteiger partial charge in [-0.05, 0) is 62.4 Å². The van der Waals surface area contributed by atoms with Crippen LogP contribution in [0.3, 0.4) is 0 Å². The van der Waals surface area contributed by atoms with Crippen LogP contribution < -0.4 is 5.32 Å². The maximum Gasteiger partial charge on any atom is 0.0743 e. The summed E-state index contributed by atoms with van der Waals surface area (Å²) < 4.78 is 7.95. The van der Waals surface area contributed by atoms with E-state index in [9.17, 15) is 0 Å². The average molecular weight is 385 g/mol. The molecule has 0 bridgehead atoms. The molecule has 0 aromatic carbocycles. The summed E-state index contributed by atoms with van der Waals surface area (Å²) in [6.45, 7) is 7.99. The van der Waals surface area contributed by atoms with Gasteiger partial charge in [0.1, 0.15) is 0 Å². The number of ether oxygens (including phenoxy) is 1. The monoisotopic (exact) mass is 383 g/mol. The second-order valence-electron chi connectivity index (χ2n) is 4.31. The maximum atomic E-state index is 5.59. The molecule has 1 aromatic heterocycles. The van der Waals surface area contributed by atoms with E-state index in [1.807, 2.05) is 0 Å². The summed E-state index contributed by atoms with van der Waals surface area (Å²) in [4.78, 5) is 0. The van der Waals surface area contributed by atoms with Crippen LogP contribution in [0.5, 0.6) is 0 Å². The lowest BCUT2D eigenvalue weighted by Gasteiger charge is -2.07. The van der Waals surface area contributed by atoms with E-state index < -0.39 is 0 Å². The zero-order valence-electron chi connectivity index (χ0n) is 10.3. The topological polar surface area (TPSA) is 21.3 Å². The van der Waals surface area contributed by atoms with Crippen molar-refractivity contribution in [3.05, 3.63) is 19.2 Å². The fourth-order valence-corrected chi connectivity index (χ4v) is 4.28. The Morgan fingerprint density at radius 3 is 2.71 bits per heavy atom. The summed E-state index contributed by atoms with van der Waals surface area (Å²) in [5, 5.41) is 3.36. The van der Waals surface area contributed by atoms with Crippen LogP contribution >= 0.6 is 43.2 Å². The number of nitrogens with one attached hydrogen (secondary N) is 1. The van der Waals surface area contributed by atoms with Crippen LogP contribution in [-0.4, -0.2) is 26.3 Å². The minimum absolute atomic E-state index is 0.703. The molecule has 2 nitrogen and oxygen atoms in total. The molecule has 0 aliphatic carbocycles. The van der Waals surface area contributed by atoms with Gasteiger partial charge in [0, 0.05) is 6.54 Å². The molecule has 0 radical (unpaired) electrons. The van der Waals surface area contributed by atoms with Gasteiger partial charge in [0.2, 0.25) is 0 Å². The summed E-state index contributed by atoms with van der Waals surface area (Å²) in [6, 6.07) is 2.15. The Bertz CT molecular complexity index is 328. The molecule has 0 spiro atoms. The van der Waals surface area contributed by atoms with Crippen LogP contribution in [0.25, 0.3) is 0 Å². The van der Waals surface area contributed by atoms with E-state index in [1.165, 1.54) is 9.35 Å². The molecule has 0 unspecified atom stereocenters. The molecular weight excluding hydrogens is 366 g/mol. The van der Waals surface area contributed by atoms with Gasteiger partial charge < -0.3 is 10.1 Å². The first-order valence-corrected chi connectivity index (χ1v) is 8.22. The van der Waals surface area contributed by atoms with Crippen LogP contribution in [0.15, 0.2) is 13.6 Å². The lowest BCUT2D eigenvalue weighted by Crippen LogP contribution is -2.24. The van der Waals surface area contributed by atoms with E-state index >= 15 is 0 Å². The van der Waals surface area contributed by atoms with Crippen LogP contribution in [0, 0.1) is 5.92 Å². The van der Waals surface area contributed by atoms with E-state index in [1.54, 1.807) is 11.3 Å². The third-order valence-electron chi connectivity index (χ3n) is 2.22. The third-order valence-corrected chi connectivity index (χ3v) is 4.68. The van der Waals surface area contributed by atoms with E-state index in [4.69, 9.17) is 4.74 Å². The van der Waals surface area contributed by atoms with Crippen molar-refractivity contribution in [2.24, 2.45) is 5.92 Å². The van der Waals surface area contributed by atoms with Crippen molar-refractivity contribution in [1.82, 2.24) is 5.32 Å². The Balaban J connectivity index is 2.03. The smallest absolute Gasteiger partial charge is 0.0743 e. The van der Waals surface area contributed by atoms with E-state index in [0.717, 1.165) is 36.5 Å². The molecule has 1 N–H and O–H groups in total. The number of halogens is 2. The average Bonchev–Trinajstić information content (AvgIpc) is 2.55. The molecule has 1 heterocycles. The Morgan fingerprint density at radius 2 is 2.12 bits per heavy atom. The summed E-state index contributed by atoms with van der Waals surface area (Å²) in [5.74, 6) is 0.703. The molecule has 0 aliphatic heterocycles. The molecule has 0 fully saturated rings. The number of hydrogen-bond acceptors (Lipinski definition) is 3. The van der Waals surface area contributed by atoms with Crippen LogP contribution in [-0.2, 0) is 11.2 Å². The second kappa shape index (κ2) is 8.64. The lowest BCUT2D eigenvalue weighted by atomic mass is 10.2.